The zero-order chi connectivity index (χ0) is 22.8. The summed E-state index contributed by atoms with van der Waals surface area (Å²) in [6, 6.07) is 0. The molecule has 0 rings (SSSR count). The van der Waals surface area contributed by atoms with Crippen molar-refractivity contribution in [2.45, 2.75) is 26.1 Å². The summed E-state index contributed by atoms with van der Waals surface area (Å²) in [5.41, 5.74) is 0.585. The van der Waals surface area contributed by atoms with Crippen LogP contribution in [0.1, 0.15) is 13.8 Å². The molecule has 0 spiro atoms. The number of aliphatic hydroxyl groups excluding tert-OH is 2. The van der Waals surface area contributed by atoms with Crippen LogP contribution in [0.3, 0.4) is 0 Å². The third kappa shape index (κ3) is 17.1. The Hall–Kier alpha value is -1.82. The van der Waals surface area contributed by atoms with Gasteiger partial charge in [0.2, 0.25) is 0 Å². The van der Waals surface area contributed by atoms with Crippen LogP contribution in [-0.4, -0.2) is 100 Å². The van der Waals surface area contributed by atoms with Crippen LogP contribution < -0.4 is 10.6 Å². The van der Waals surface area contributed by atoms with Crippen LogP contribution in [-0.2, 0) is 28.5 Å². The fourth-order valence-corrected chi connectivity index (χ4v) is 1.86. The second-order valence-electron chi connectivity index (χ2n) is 6.70. The Kier molecular flexibility index (Phi) is 16.9. The fourth-order valence-electron chi connectivity index (χ4n) is 1.86. The molecule has 4 N–H and O–H groups in total. The summed E-state index contributed by atoms with van der Waals surface area (Å²) in [5.74, 6) is -1.04. The van der Waals surface area contributed by atoms with Crippen molar-refractivity contribution in [3.63, 3.8) is 0 Å². The van der Waals surface area contributed by atoms with Crippen molar-refractivity contribution in [2.75, 3.05) is 65.8 Å². The summed E-state index contributed by atoms with van der Waals surface area (Å²) >= 11 is 0. The van der Waals surface area contributed by atoms with Gasteiger partial charge in [0.15, 0.2) is 0 Å². The van der Waals surface area contributed by atoms with Gasteiger partial charge < -0.3 is 39.8 Å². The van der Waals surface area contributed by atoms with Crippen LogP contribution >= 0.6 is 0 Å². The van der Waals surface area contributed by atoms with E-state index in [1.54, 1.807) is 13.8 Å². The first-order chi connectivity index (χ1) is 14.2. The lowest BCUT2D eigenvalue weighted by Crippen LogP contribution is -2.33. The Bertz CT molecular complexity index is 481. The van der Waals surface area contributed by atoms with Crippen molar-refractivity contribution in [1.82, 2.24) is 10.6 Å². The van der Waals surface area contributed by atoms with Crippen LogP contribution in [0.5, 0.6) is 0 Å². The number of carbonyl (C=O) groups is 2. The van der Waals surface area contributed by atoms with Crippen molar-refractivity contribution in [1.29, 1.82) is 0 Å². The van der Waals surface area contributed by atoms with E-state index in [0.717, 1.165) is 0 Å². The van der Waals surface area contributed by atoms with E-state index in [4.69, 9.17) is 18.9 Å². The fraction of sp³-hybridized carbons (Fsp3) is 0.700. The third-order valence-corrected chi connectivity index (χ3v) is 3.49. The predicted octanol–water partition coefficient (Wildman–Crippen LogP) is -0.841. The number of hydrogen-bond donors (Lipinski definition) is 4. The molecule has 0 aliphatic carbocycles. The van der Waals surface area contributed by atoms with Gasteiger partial charge in [-0.05, 0) is 13.8 Å². The van der Waals surface area contributed by atoms with E-state index in [2.05, 4.69) is 23.8 Å². The summed E-state index contributed by atoms with van der Waals surface area (Å²) in [7, 11) is 0. The molecular weight excluding hydrogens is 396 g/mol. The van der Waals surface area contributed by atoms with Gasteiger partial charge in [-0.2, -0.15) is 0 Å². The van der Waals surface area contributed by atoms with Crippen LogP contribution in [0.4, 0.5) is 0 Å². The Morgan fingerprint density at radius 3 is 1.47 bits per heavy atom. The maximum atomic E-state index is 11.2. The van der Waals surface area contributed by atoms with Gasteiger partial charge in [0.05, 0.1) is 26.4 Å². The Morgan fingerprint density at radius 1 is 0.767 bits per heavy atom. The Labute approximate surface area is 178 Å². The maximum Gasteiger partial charge on any atom is 0.333 e. The molecule has 0 aromatic carbocycles. The zero-order valence-corrected chi connectivity index (χ0v) is 18.0. The molecule has 0 aromatic heterocycles. The van der Waals surface area contributed by atoms with Crippen molar-refractivity contribution >= 4 is 11.9 Å². The number of rotatable bonds is 19. The van der Waals surface area contributed by atoms with E-state index < -0.39 is 24.1 Å². The number of carbonyl (C=O) groups excluding carboxylic acids is 2. The molecule has 2 unspecified atom stereocenters. The lowest BCUT2D eigenvalue weighted by Gasteiger charge is -2.13. The van der Waals surface area contributed by atoms with Gasteiger partial charge in [-0.25, -0.2) is 9.59 Å². The molecule has 0 fully saturated rings. The first-order valence-electron chi connectivity index (χ1n) is 9.82. The summed E-state index contributed by atoms with van der Waals surface area (Å²) in [4.78, 5) is 22.4. The van der Waals surface area contributed by atoms with Crippen molar-refractivity contribution in [2.24, 2.45) is 0 Å². The lowest BCUT2D eigenvalue weighted by molar-refractivity contribution is -0.142. The molecule has 0 aliphatic rings. The molecule has 174 valence electrons. The van der Waals surface area contributed by atoms with E-state index in [0.29, 0.717) is 50.7 Å². The van der Waals surface area contributed by atoms with E-state index >= 15 is 0 Å². The van der Waals surface area contributed by atoms with Gasteiger partial charge >= 0.3 is 11.9 Å². The number of hydrogen-bond acceptors (Lipinski definition) is 10. The minimum Gasteiger partial charge on any atom is -0.460 e. The first-order valence-corrected chi connectivity index (χ1v) is 9.82. The molecule has 0 saturated carbocycles. The molecular formula is C20H36N2O8. The van der Waals surface area contributed by atoms with Crippen molar-refractivity contribution in [3.8, 4) is 0 Å². The monoisotopic (exact) mass is 432 g/mol. The van der Waals surface area contributed by atoms with Gasteiger partial charge in [0.25, 0.3) is 0 Å². The number of aliphatic hydroxyl groups is 2. The summed E-state index contributed by atoms with van der Waals surface area (Å²) < 4.78 is 20.4. The average molecular weight is 433 g/mol. The summed E-state index contributed by atoms with van der Waals surface area (Å²) in [5, 5.41) is 25.3. The van der Waals surface area contributed by atoms with Gasteiger partial charge in [-0.3, -0.25) is 0 Å². The molecule has 30 heavy (non-hydrogen) atoms. The van der Waals surface area contributed by atoms with Gasteiger partial charge in [-0.15, -0.1) is 0 Å². The van der Waals surface area contributed by atoms with Crippen LogP contribution in [0.15, 0.2) is 24.3 Å². The third-order valence-electron chi connectivity index (χ3n) is 3.49. The SMILES string of the molecule is C=C(C)C(=O)OCC(O)CNCCOCCOCCNCC(O)COC(=O)C(=C)C. The number of nitrogens with one attached hydrogen (secondary N) is 2. The first kappa shape index (κ1) is 28.2. The number of ether oxygens (including phenoxy) is 4. The Morgan fingerprint density at radius 2 is 1.13 bits per heavy atom. The molecule has 0 bridgehead atoms. The van der Waals surface area contributed by atoms with Crippen LogP contribution in [0.25, 0.3) is 0 Å². The zero-order valence-electron chi connectivity index (χ0n) is 18.0. The second-order valence-corrected chi connectivity index (χ2v) is 6.70. The van der Waals surface area contributed by atoms with E-state index in [9.17, 15) is 19.8 Å². The summed E-state index contributed by atoms with van der Waals surface area (Å²) in [6.45, 7) is 13.3. The maximum absolute atomic E-state index is 11.2. The highest BCUT2D eigenvalue weighted by atomic mass is 16.5. The molecule has 0 amide bonds. The van der Waals surface area contributed by atoms with Crippen LogP contribution in [0, 0.1) is 0 Å². The molecule has 0 saturated heterocycles. The molecule has 10 nitrogen and oxygen atoms in total. The molecule has 0 radical (unpaired) electrons. The molecule has 0 aliphatic heterocycles. The topological polar surface area (TPSA) is 136 Å². The van der Waals surface area contributed by atoms with Gasteiger partial charge in [-0.1, -0.05) is 13.2 Å². The quantitative estimate of drug-likeness (QED) is 0.116. The van der Waals surface area contributed by atoms with Gasteiger partial charge in [0.1, 0.15) is 25.4 Å². The predicted molar refractivity (Wildman–Crippen MR) is 111 cm³/mol. The Balaban J connectivity index is 3.36. The van der Waals surface area contributed by atoms with E-state index in [1.807, 2.05) is 0 Å². The summed E-state index contributed by atoms with van der Waals surface area (Å²) in [6.07, 6.45) is -1.58. The van der Waals surface area contributed by atoms with Crippen LogP contribution in [0.2, 0.25) is 0 Å². The second kappa shape index (κ2) is 18.0. The minimum absolute atomic E-state index is 0.0852. The average Bonchev–Trinajstić information content (AvgIpc) is 2.70. The standard InChI is InChI=1S/C20H36N2O8/c1-15(2)19(25)29-13-17(23)11-21-5-7-27-9-10-28-8-6-22-12-18(24)14-30-20(26)16(3)4/h17-18,21-24H,1,3,5-14H2,2,4H3. The normalized spacial score (nSPS) is 12.8. The van der Waals surface area contributed by atoms with E-state index in [1.165, 1.54) is 0 Å². The van der Waals surface area contributed by atoms with Gasteiger partial charge in [0, 0.05) is 37.3 Å². The number of esters is 2. The molecule has 0 heterocycles. The highest BCUT2D eigenvalue weighted by molar-refractivity contribution is 5.87. The van der Waals surface area contributed by atoms with Crippen molar-refractivity contribution in [3.05, 3.63) is 24.3 Å². The minimum atomic E-state index is -0.791. The highest BCUT2D eigenvalue weighted by Crippen LogP contribution is 1.94. The highest BCUT2D eigenvalue weighted by Gasteiger charge is 2.09. The molecule has 10 heteroatoms. The molecule has 0 aromatic rings. The van der Waals surface area contributed by atoms with Crippen molar-refractivity contribution < 1.29 is 38.7 Å². The molecule has 2 atom stereocenters. The smallest absolute Gasteiger partial charge is 0.333 e. The lowest BCUT2D eigenvalue weighted by atomic mass is 10.3. The van der Waals surface area contributed by atoms with E-state index in [-0.39, 0.29) is 26.3 Å². The largest absolute Gasteiger partial charge is 0.460 e.